The van der Waals surface area contributed by atoms with Crippen molar-refractivity contribution >= 4 is 40.8 Å². The molecule has 0 N–H and O–H groups in total. The molecule has 4 nitrogen and oxygen atoms in total. The number of carbonyl (C=O) groups is 2. The fourth-order valence-corrected chi connectivity index (χ4v) is 2.43. The molecule has 18 heavy (non-hydrogen) atoms. The first kappa shape index (κ1) is 13.2. The first-order chi connectivity index (χ1) is 8.52. The van der Waals surface area contributed by atoms with Crippen LogP contribution in [0, 0.1) is 0 Å². The molecule has 0 aromatic heterocycles. The second-order valence-corrected chi connectivity index (χ2v) is 4.93. The number of nitrogens with zero attached hydrogens (tertiary/aromatic N) is 2. The van der Waals surface area contributed by atoms with Gasteiger partial charge in [0.05, 0.1) is 5.69 Å². The second kappa shape index (κ2) is 5.16. The summed E-state index contributed by atoms with van der Waals surface area (Å²) in [5, 5.41) is 0.791. The third kappa shape index (κ3) is 2.44. The van der Waals surface area contributed by atoms with Gasteiger partial charge >= 0.3 is 6.03 Å². The van der Waals surface area contributed by atoms with E-state index in [1.807, 2.05) is 6.92 Å². The molecule has 1 aliphatic heterocycles. The van der Waals surface area contributed by atoms with Crippen LogP contribution in [0.5, 0.6) is 0 Å². The normalized spacial score (nSPS) is 15.7. The number of urea groups is 1. The van der Waals surface area contributed by atoms with E-state index in [1.54, 1.807) is 18.2 Å². The van der Waals surface area contributed by atoms with Crippen LogP contribution in [0.15, 0.2) is 18.2 Å². The zero-order valence-electron chi connectivity index (χ0n) is 9.82. The van der Waals surface area contributed by atoms with Crippen molar-refractivity contribution in [2.75, 3.05) is 18.0 Å². The van der Waals surface area contributed by atoms with Gasteiger partial charge in [0.1, 0.15) is 6.54 Å². The van der Waals surface area contributed by atoms with Gasteiger partial charge in [-0.05, 0) is 24.6 Å². The summed E-state index contributed by atoms with van der Waals surface area (Å²) in [6.07, 6.45) is 0.809. The summed E-state index contributed by atoms with van der Waals surface area (Å²) >= 11 is 11.7. The molecule has 2 rings (SSSR count). The average Bonchev–Trinajstić information content (AvgIpc) is 2.53. The topological polar surface area (TPSA) is 40.6 Å². The van der Waals surface area contributed by atoms with E-state index in [0.717, 1.165) is 11.3 Å². The molecule has 1 aromatic rings. The van der Waals surface area contributed by atoms with E-state index in [1.165, 1.54) is 4.90 Å². The van der Waals surface area contributed by atoms with Gasteiger partial charge in [0.25, 0.3) is 5.91 Å². The van der Waals surface area contributed by atoms with E-state index < -0.39 is 0 Å². The molecule has 0 atom stereocenters. The number of hydrogen-bond acceptors (Lipinski definition) is 2. The van der Waals surface area contributed by atoms with Crippen LogP contribution in [-0.2, 0) is 4.79 Å². The van der Waals surface area contributed by atoms with Gasteiger partial charge < -0.3 is 4.90 Å². The van der Waals surface area contributed by atoms with Gasteiger partial charge in [0.2, 0.25) is 0 Å². The maximum atomic E-state index is 12.1. The van der Waals surface area contributed by atoms with Gasteiger partial charge in [-0.1, -0.05) is 30.1 Å². The summed E-state index contributed by atoms with van der Waals surface area (Å²) in [5.41, 5.74) is 0.418. The highest BCUT2D eigenvalue weighted by atomic mass is 35.5. The minimum absolute atomic E-state index is 0.108. The Morgan fingerprint density at radius 1 is 1.17 bits per heavy atom. The molecule has 0 spiro atoms. The standard InChI is InChI=1S/C12H12Cl2N2O2/c1-2-3-15-7-11(17)16(12(15)18)10-5-8(13)4-9(14)6-10/h4-6H,2-3,7H2,1H3. The number of rotatable bonds is 3. The van der Waals surface area contributed by atoms with Crippen molar-refractivity contribution in [3.05, 3.63) is 28.2 Å². The monoisotopic (exact) mass is 286 g/mol. The highest BCUT2D eigenvalue weighted by molar-refractivity contribution is 6.35. The van der Waals surface area contributed by atoms with Crippen LogP contribution < -0.4 is 4.90 Å². The zero-order chi connectivity index (χ0) is 13.3. The minimum Gasteiger partial charge on any atom is -0.315 e. The van der Waals surface area contributed by atoms with Crippen LogP contribution in [0.25, 0.3) is 0 Å². The van der Waals surface area contributed by atoms with Gasteiger partial charge in [0.15, 0.2) is 0 Å². The lowest BCUT2D eigenvalue weighted by Crippen LogP contribution is -2.33. The Morgan fingerprint density at radius 3 is 2.33 bits per heavy atom. The van der Waals surface area contributed by atoms with Crippen LogP contribution in [-0.4, -0.2) is 29.9 Å². The summed E-state index contributed by atoms with van der Waals surface area (Å²) in [5.74, 6) is -0.258. The van der Waals surface area contributed by atoms with E-state index in [9.17, 15) is 9.59 Å². The molecule has 3 amide bonds. The molecule has 1 aliphatic rings. The predicted molar refractivity (Wildman–Crippen MR) is 71.2 cm³/mol. The number of anilines is 1. The van der Waals surface area contributed by atoms with Gasteiger partial charge in [-0.25, -0.2) is 9.69 Å². The maximum Gasteiger partial charge on any atom is 0.331 e. The van der Waals surface area contributed by atoms with Crippen LogP contribution >= 0.6 is 23.2 Å². The molecular weight excluding hydrogens is 275 g/mol. The lowest BCUT2D eigenvalue weighted by molar-refractivity contribution is -0.116. The SMILES string of the molecule is CCCN1CC(=O)N(c2cc(Cl)cc(Cl)c2)C1=O. The third-order valence-electron chi connectivity index (χ3n) is 2.64. The van der Waals surface area contributed by atoms with Gasteiger partial charge in [0, 0.05) is 16.6 Å². The van der Waals surface area contributed by atoms with Crippen molar-refractivity contribution < 1.29 is 9.59 Å². The molecule has 1 heterocycles. The lowest BCUT2D eigenvalue weighted by atomic mass is 10.3. The first-order valence-electron chi connectivity index (χ1n) is 5.61. The number of imide groups is 1. The van der Waals surface area contributed by atoms with Crippen LogP contribution in [0.3, 0.4) is 0 Å². The van der Waals surface area contributed by atoms with Crippen LogP contribution in [0.4, 0.5) is 10.5 Å². The molecule has 1 fully saturated rings. The number of benzene rings is 1. The minimum atomic E-state index is -0.319. The number of amides is 3. The van der Waals surface area contributed by atoms with Gasteiger partial charge in [-0.3, -0.25) is 4.79 Å². The van der Waals surface area contributed by atoms with E-state index in [4.69, 9.17) is 23.2 Å². The predicted octanol–water partition coefficient (Wildman–Crippen LogP) is 3.17. The summed E-state index contributed by atoms with van der Waals surface area (Å²) in [6.45, 7) is 2.63. The third-order valence-corrected chi connectivity index (χ3v) is 3.07. The first-order valence-corrected chi connectivity index (χ1v) is 6.36. The number of halogens is 2. The Morgan fingerprint density at radius 2 is 1.78 bits per heavy atom. The fourth-order valence-electron chi connectivity index (χ4n) is 1.92. The second-order valence-electron chi connectivity index (χ2n) is 4.06. The van der Waals surface area contributed by atoms with Crippen molar-refractivity contribution in [3.8, 4) is 0 Å². The summed E-state index contributed by atoms with van der Waals surface area (Å²) in [7, 11) is 0. The summed E-state index contributed by atoms with van der Waals surface area (Å²) in [4.78, 5) is 26.6. The molecule has 1 aromatic carbocycles. The van der Waals surface area contributed by atoms with Crippen LogP contribution in [0.2, 0.25) is 10.0 Å². The van der Waals surface area contributed by atoms with Crippen molar-refractivity contribution in [2.24, 2.45) is 0 Å². The Bertz CT molecular complexity index is 485. The van der Waals surface area contributed by atoms with Crippen molar-refractivity contribution in [2.45, 2.75) is 13.3 Å². The Balaban J connectivity index is 2.32. The zero-order valence-corrected chi connectivity index (χ0v) is 11.3. The van der Waals surface area contributed by atoms with Crippen LogP contribution in [0.1, 0.15) is 13.3 Å². The maximum absolute atomic E-state index is 12.1. The Labute approximate surface area is 115 Å². The quantitative estimate of drug-likeness (QED) is 0.801. The summed E-state index contributed by atoms with van der Waals surface area (Å²) < 4.78 is 0. The molecule has 96 valence electrons. The lowest BCUT2D eigenvalue weighted by Gasteiger charge is -2.16. The molecule has 0 radical (unpaired) electrons. The molecule has 1 saturated heterocycles. The molecule has 0 saturated carbocycles. The molecule has 0 bridgehead atoms. The Hall–Kier alpha value is -1.26. The van der Waals surface area contributed by atoms with Crippen molar-refractivity contribution in [1.82, 2.24) is 4.90 Å². The molecular formula is C12H12Cl2N2O2. The highest BCUT2D eigenvalue weighted by Crippen LogP contribution is 2.28. The van der Waals surface area contributed by atoms with E-state index in [2.05, 4.69) is 0 Å². The summed E-state index contributed by atoms with van der Waals surface area (Å²) in [6, 6.07) is 4.35. The van der Waals surface area contributed by atoms with Crippen molar-refractivity contribution in [3.63, 3.8) is 0 Å². The van der Waals surface area contributed by atoms with E-state index in [-0.39, 0.29) is 18.5 Å². The average molecular weight is 287 g/mol. The molecule has 6 heteroatoms. The highest BCUT2D eigenvalue weighted by Gasteiger charge is 2.36. The number of carbonyl (C=O) groups excluding carboxylic acids is 2. The molecule has 0 unspecified atom stereocenters. The smallest absolute Gasteiger partial charge is 0.315 e. The van der Waals surface area contributed by atoms with Crippen molar-refractivity contribution in [1.29, 1.82) is 0 Å². The van der Waals surface area contributed by atoms with Gasteiger partial charge in [-0.15, -0.1) is 0 Å². The van der Waals surface area contributed by atoms with Gasteiger partial charge in [-0.2, -0.15) is 0 Å². The largest absolute Gasteiger partial charge is 0.331 e. The van der Waals surface area contributed by atoms with E-state index in [0.29, 0.717) is 22.3 Å². The Kier molecular flexibility index (Phi) is 3.78. The van der Waals surface area contributed by atoms with E-state index >= 15 is 0 Å². The molecule has 0 aliphatic carbocycles. The number of hydrogen-bond donors (Lipinski definition) is 0. The fraction of sp³-hybridized carbons (Fsp3) is 0.333.